The van der Waals surface area contributed by atoms with E-state index in [9.17, 15) is 9.59 Å². The predicted molar refractivity (Wildman–Crippen MR) is 108 cm³/mol. The summed E-state index contributed by atoms with van der Waals surface area (Å²) >= 11 is 0. The summed E-state index contributed by atoms with van der Waals surface area (Å²) in [7, 11) is 0. The summed E-state index contributed by atoms with van der Waals surface area (Å²) in [5, 5.41) is 5.72. The zero-order valence-electron chi connectivity index (χ0n) is 16.0. The second kappa shape index (κ2) is 10.5. The van der Waals surface area contributed by atoms with Crippen LogP contribution in [0.2, 0.25) is 0 Å². The first-order valence-corrected chi connectivity index (χ1v) is 9.37. The molecule has 2 amide bonds. The molecule has 2 atom stereocenters. The van der Waals surface area contributed by atoms with Gasteiger partial charge in [-0.2, -0.15) is 0 Å². The van der Waals surface area contributed by atoms with Crippen molar-refractivity contribution in [3.8, 4) is 0 Å². The molecule has 2 aromatic carbocycles. The van der Waals surface area contributed by atoms with Crippen LogP contribution in [-0.4, -0.2) is 30.9 Å². The molecule has 2 aromatic rings. The minimum Gasteiger partial charge on any atom is -0.354 e. The van der Waals surface area contributed by atoms with E-state index in [-0.39, 0.29) is 30.2 Å². The Morgan fingerprint density at radius 2 is 1.56 bits per heavy atom. The van der Waals surface area contributed by atoms with Crippen LogP contribution in [0.3, 0.4) is 0 Å². The summed E-state index contributed by atoms with van der Waals surface area (Å²) in [5.41, 5.74) is 7.76. The smallest absolute Gasteiger partial charge is 0.242 e. The van der Waals surface area contributed by atoms with Crippen LogP contribution in [0.5, 0.6) is 0 Å². The molecule has 1 unspecified atom stereocenters. The van der Waals surface area contributed by atoms with Crippen LogP contribution < -0.4 is 16.4 Å². The summed E-state index contributed by atoms with van der Waals surface area (Å²) in [6, 6.07) is 19.8. The van der Waals surface area contributed by atoms with Crippen LogP contribution in [0, 0.1) is 5.92 Å². The molecular formula is C22H29N3O2. The molecule has 0 bridgehead atoms. The van der Waals surface area contributed by atoms with E-state index >= 15 is 0 Å². The van der Waals surface area contributed by atoms with Crippen molar-refractivity contribution in [3.63, 3.8) is 0 Å². The van der Waals surface area contributed by atoms with Crippen LogP contribution in [0.1, 0.15) is 30.9 Å². The number of hydrogen-bond acceptors (Lipinski definition) is 3. The topological polar surface area (TPSA) is 84.2 Å². The second-order valence-electron chi connectivity index (χ2n) is 7.04. The Morgan fingerprint density at radius 1 is 0.963 bits per heavy atom. The summed E-state index contributed by atoms with van der Waals surface area (Å²) in [6.07, 6.45) is 0.826. The number of nitrogens with one attached hydrogen (secondary N) is 2. The van der Waals surface area contributed by atoms with Gasteiger partial charge in [-0.1, -0.05) is 74.5 Å². The van der Waals surface area contributed by atoms with Crippen LogP contribution in [-0.2, 0) is 16.0 Å². The van der Waals surface area contributed by atoms with Gasteiger partial charge in [-0.25, -0.2) is 0 Å². The molecule has 0 fully saturated rings. The van der Waals surface area contributed by atoms with E-state index in [2.05, 4.69) is 34.9 Å². The highest BCUT2D eigenvalue weighted by molar-refractivity contribution is 5.88. The molecule has 0 heterocycles. The van der Waals surface area contributed by atoms with Crippen molar-refractivity contribution in [1.82, 2.24) is 10.6 Å². The minimum absolute atomic E-state index is 0.0233. The van der Waals surface area contributed by atoms with Gasteiger partial charge in [0, 0.05) is 12.5 Å². The first kappa shape index (κ1) is 20.6. The highest BCUT2D eigenvalue weighted by Gasteiger charge is 2.24. The number of rotatable bonds is 9. The summed E-state index contributed by atoms with van der Waals surface area (Å²) in [6.45, 7) is 4.18. The zero-order chi connectivity index (χ0) is 19.6. The first-order chi connectivity index (χ1) is 13.0. The van der Waals surface area contributed by atoms with Crippen molar-refractivity contribution in [1.29, 1.82) is 0 Å². The fraction of sp³-hybridized carbons (Fsp3) is 0.364. The largest absolute Gasteiger partial charge is 0.354 e. The third-order valence-electron chi connectivity index (χ3n) is 4.57. The fourth-order valence-electron chi connectivity index (χ4n) is 3.03. The van der Waals surface area contributed by atoms with Crippen LogP contribution >= 0.6 is 0 Å². The molecule has 5 heteroatoms. The molecule has 0 saturated heterocycles. The molecule has 0 aromatic heterocycles. The molecule has 4 N–H and O–H groups in total. The number of amides is 2. The third-order valence-corrected chi connectivity index (χ3v) is 4.57. The molecule has 0 saturated carbocycles. The van der Waals surface area contributed by atoms with Crippen molar-refractivity contribution in [2.45, 2.75) is 32.2 Å². The molecule has 2 rings (SSSR count). The Morgan fingerprint density at radius 3 is 2.11 bits per heavy atom. The number of benzene rings is 2. The van der Waals surface area contributed by atoms with Gasteiger partial charge >= 0.3 is 0 Å². The van der Waals surface area contributed by atoms with Gasteiger partial charge in [-0.15, -0.1) is 0 Å². The van der Waals surface area contributed by atoms with Gasteiger partial charge in [-0.05, 0) is 23.5 Å². The molecule has 27 heavy (non-hydrogen) atoms. The first-order valence-electron chi connectivity index (χ1n) is 9.37. The molecule has 0 spiro atoms. The zero-order valence-corrected chi connectivity index (χ0v) is 16.0. The Bertz CT molecular complexity index is 717. The van der Waals surface area contributed by atoms with Crippen molar-refractivity contribution < 1.29 is 9.59 Å². The summed E-state index contributed by atoms with van der Waals surface area (Å²) < 4.78 is 0. The standard InChI is InChI=1S/C22H29N3O2/c1-16(2)21(25-20(26)14-23)22(27)24-15-19(18-11-7-4-8-12-18)13-17-9-5-3-6-10-17/h3-12,16,19,21H,13-15,23H2,1-2H3,(H,24,27)(H,25,26)/t19?,21-/m1/s1. The van der Waals surface area contributed by atoms with E-state index in [4.69, 9.17) is 5.73 Å². The molecule has 0 aliphatic carbocycles. The lowest BCUT2D eigenvalue weighted by molar-refractivity contribution is -0.129. The maximum Gasteiger partial charge on any atom is 0.242 e. The van der Waals surface area contributed by atoms with E-state index in [1.165, 1.54) is 11.1 Å². The Kier molecular flexibility index (Phi) is 8.01. The molecular weight excluding hydrogens is 338 g/mol. The van der Waals surface area contributed by atoms with E-state index < -0.39 is 6.04 Å². The van der Waals surface area contributed by atoms with Gasteiger partial charge in [0.05, 0.1) is 6.54 Å². The van der Waals surface area contributed by atoms with Crippen LogP contribution in [0.15, 0.2) is 60.7 Å². The predicted octanol–water partition coefficient (Wildman–Crippen LogP) is 2.23. The van der Waals surface area contributed by atoms with Gasteiger partial charge in [0.25, 0.3) is 0 Å². The molecule has 0 radical (unpaired) electrons. The van der Waals surface area contributed by atoms with E-state index in [1.54, 1.807) is 0 Å². The van der Waals surface area contributed by atoms with Crippen molar-refractivity contribution in [2.24, 2.45) is 11.7 Å². The van der Waals surface area contributed by atoms with Crippen LogP contribution in [0.25, 0.3) is 0 Å². The van der Waals surface area contributed by atoms with E-state index in [1.807, 2.05) is 50.2 Å². The normalized spacial score (nSPS) is 13.0. The van der Waals surface area contributed by atoms with Crippen LogP contribution in [0.4, 0.5) is 0 Å². The van der Waals surface area contributed by atoms with Gasteiger partial charge in [-0.3, -0.25) is 9.59 Å². The lowest BCUT2D eigenvalue weighted by Gasteiger charge is -2.24. The fourth-order valence-corrected chi connectivity index (χ4v) is 3.03. The molecule has 0 aliphatic rings. The molecule has 5 nitrogen and oxygen atoms in total. The number of hydrogen-bond donors (Lipinski definition) is 3. The average molecular weight is 367 g/mol. The van der Waals surface area contributed by atoms with Gasteiger partial charge in [0.1, 0.15) is 6.04 Å². The van der Waals surface area contributed by atoms with Crippen molar-refractivity contribution in [3.05, 3.63) is 71.8 Å². The van der Waals surface area contributed by atoms with Crippen molar-refractivity contribution in [2.75, 3.05) is 13.1 Å². The van der Waals surface area contributed by atoms with Gasteiger partial charge < -0.3 is 16.4 Å². The number of nitrogens with two attached hydrogens (primary N) is 1. The average Bonchev–Trinajstić information content (AvgIpc) is 2.70. The highest BCUT2D eigenvalue weighted by Crippen LogP contribution is 2.20. The van der Waals surface area contributed by atoms with E-state index in [0.29, 0.717) is 6.54 Å². The SMILES string of the molecule is CC(C)[C@@H](NC(=O)CN)C(=O)NCC(Cc1ccccc1)c1ccccc1. The van der Waals surface area contributed by atoms with Gasteiger partial charge in [0.15, 0.2) is 0 Å². The Labute approximate surface area is 161 Å². The van der Waals surface area contributed by atoms with Crippen molar-refractivity contribution >= 4 is 11.8 Å². The maximum atomic E-state index is 12.7. The Hall–Kier alpha value is -2.66. The third kappa shape index (κ3) is 6.53. The maximum absolute atomic E-state index is 12.7. The monoisotopic (exact) mass is 367 g/mol. The van der Waals surface area contributed by atoms with Gasteiger partial charge in [0.2, 0.25) is 11.8 Å². The molecule has 0 aliphatic heterocycles. The summed E-state index contributed by atoms with van der Waals surface area (Å²) in [5.74, 6) is -0.381. The highest BCUT2D eigenvalue weighted by atomic mass is 16.2. The molecule has 144 valence electrons. The quantitative estimate of drug-likeness (QED) is 0.635. The summed E-state index contributed by atoms with van der Waals surface area (Å²) in [4.78, 5) is 24.3. The number of carbonyl (C=O) groups excluding carboxylic acids is 2. The number of carbonyl (C=O) groups is 2. The Balaban J connectivity index is 2.08. The lowest BCUT2D eigenvalue weighted by atomic mass is 9.91. The second-order valence-corrected chi connectivity index (χ2v) is 7.04. The minimum atomic E-state index is -0.589. The lowest BCUT2D eigenvalue weighted by Crippen LogP contribution is -2.51. The van der Waals surface area contributed by atoms with E-state index in [0.717, 1.165) is 6.42 Å².